The standard InChI is InChI=1S/C21H23BrN2O3S/c22-19-11-9-18(10-12-19)16-24(20-8-4-5-14-23-21(20)25)28(26,27)15-13-17-6-2-1-3-7-17/h1-3,6-7,9-13,15,20H,4-5,8,14,16H2,(H,23,25)/b15-13+. The summed E-state index contributed by atoms with van der Waals surface area (Å²) < 4.78 is 28.6. The van der Waals surface area contributed by atoms with Crippen LogP contribution in [0.2, 0.25) is 0 Å². The molecule has 2 aromatic carbocycles. The number of hydrogen-bond acceptors (Lipinski definition) is 3. The number of amides is 1. The SMILES string of the molecule is O=C1NCCCCC1N(Cc1ccc(Br)cc1)S(=O)(=O)/C=C/c1ccccc1. The van der Waals surface area contributed by atoms with E-state index in [9.17, 15) is 13.2 Å². The maximum atomic E-state index is 13.2. The van der Waals surface area contributed by atoms with Crippen molar-refractivity contribution in [3.8, 4) is 0 Å². The zero-order valence-corrected chi connectivity index (χ0v) is 17.8. The molecule has 0 bridgehead atoms. The average Bonchev–Trinajstić information content (AvgIpc) is 2.91. The van der Waals surface area contributed by atoms with Crippen LogP contribution in [0.15, 0.2) is 64.5 Å². The van der Waals surface area contributed by atoms with Gasteiger partial charge in [0.1, 0.15) is 6.04 Å². The summed E-state index contributed by atoms with van der Waals surface area (Å²) in [6, 6.07) is 16.0. The molecule has 1 fully saturated rings. The van der Waals surface area contributed by atoms with Crippen LogP contribution in [0.3, 0.4) is 0 Å². The van der Waals surface area contributed by atoms with Crippen molar-refractivity contribution in [1.29, 1.82) is 0 Å². The van der Waals surface area contributed by atoms with Crippen LogP contribution < -0.4 is 5.32 Å². The van der Waals surface area contributed by atoms with Crippen LogP contribution in [-0.4, -0.2) is 31.2 Å². The largest absolute Gasteiger partial charge is 0.355 e. The normalized spacial score (nSPS) is 18.2. The molecule has 0 aromatic heterocycles. The molecule has 148 valence electrons. The van der Waals surface area contributed by atoms with Crippen molar-refractivity contribution in [3.05, 3.63) is 75.6 Å². The lowest BCUT2D eigenvalue weighted by atomic mass is 10.1. The predicted octanol–water partition coefficient (Wildman–Crippen LogP) is 3.92. The molecule has 1 N–H and O–H groups in total. The molecule has 1 saturated heterocycles. The molecule has 1 unspecified atom stereocenters. The van der Waals surface area contributed by atoms with Crippen LogP contribution in [0.1, 0.15) is 30.4 Å². The van der Waals surface area contributed by atoms with E-state index in [-0.39, 0.29) is 12.5 Å². The maximum Gasteiger partial charge on any atom is 0.238 e. The number of rotatable bonds is 6. The second-order valence-corrected chi connectivity index (χ2v) is 9.42. The van der Waals surface area contributed by atoms with Crippen molar-refractivity contribution in [1.82, 2.24) is 9.62 Å². The first-order chi connectivity index (χ1) is 13.5. The molecule has 1 atom stereocenters. The van der Waals surface area contributed by atoms with Gasteiger partial charge in [0.05, 0.1) is 0 Å². The Bertz CT molecular complexity index is 928. The van der Waals surface area contributed by atoms with E-state index in [1.807, 2.05) is 54.6 Å². The maximum absolute atomic E-state index is 13.2. The van der Waals surface area contributed by atoms with Gasteiger partial charge >= 0.3 is 0 Å². The first-order valence-corrected chi connectivity index (χ1v) is 11.5. The number of nitrogens with one attached hydrogen (secondary N) is 1. The minimum atomic E-state index is -3.80. The van der Waals surface area contributed by atoms with E-state index in [1.54, 1.807) is 6.08 Å². The van der Waals surface area contributed by atoms with Gasteiger partial charge in [-0.2, -0.15) is 4.31 Å². The molecule has 0 saturated carbocycles. The molecule has 2 aromatic rings. The highest BCUT2D eigenvalue weighted by Gasteiger charge is 2.34. The van der Waals surface area contributed by atoms with Gasteiger partial charge in [-0.05, 0) is 48.6 Å². The highest BCUT2D eigenvalue weighted by Crippen LogP contribution is 2.22. The fourth-order valence-corrected chi connectivity index (χ4v) is 4.79. The van der Waals surface area contributed by atoms with Crippen LogP contribution in [-0.2, 0) is 21.4 Å². The summed E-state index contributed by atoms with van der Waals surface area (Å²) in [6.45, 7) is 0.730. The summed E-state index contributed by atoms with van der Waals surface area (Å²) in [6.07, 6.45) is 3.74. The zero-order valence-electron chi connectivity index (χ0n) is 15.4. The van der Waals surface area contributed by atoms with E-state index >= 15 is 0 Å². The van der Waals surface area contributed by atoms with Crippen LogP contribution in [0.5, 0.6) is 0 Å². The van der Waals surface area contributed by atoms with E-state index < -0.39 is 16.1 Å². The fraction of sp³-hybridized carbons (Fsp3) is 0.286. The molecule has 5 nitrogen and oxygen atoms in total. The first kappa shape index (κ1) is 20.8. The Morgan fingerprint density at radius 1 is 1.07 bits per heavy atom. The van der Waals surface area contributed by atoms with Gasteiger partial charge in [-0.25, -0.2) is 8.42 Å². The second-order valence-electron chi connectivity index (χ2n) is 6.73. The average molecular weight is 463 g/mol. The smallest absolute Gasteiger partial charge is 0.238 e. The first-order valence-electron chi connectivity index (χ1n) is 9.23. The third-order valence-corrected chi connectivity index (χ3v) is 6.71. The summed E-state index contributed by atoms with van der Waals surface area (Å²) in [7, 11) is -3.80. The lowest BCUT2D eigenvalue weighted by Gasteiger charge is -2.28. The van der Waals surface area contributed by atoms with Crippen molar-refractivity contribution in [2.24, 2.45) is 0 Å². The van der Waals surface area contributed by atoms with Gasteiger partial charge in [-0.1, -0.05) is 58.4 Å². The van der Waals surface area contributed by atoms with Crippen LogP contribution >= 0.6 is 15.9 Å². The Balaban J connectivity index is 1.92. The summed E-state index contributed by atoms with van der Waals surface area (Å²) in [5.74, 6) is -0.230. The number of nitrogens with zero attached hydrogens (tertiary/aromatic N) is 1. The van der Waals surface area contributed by atoms with Crippen molar-refractivity contribution in [2.75, 3.05) is 6.54 Å². The van der Waals surface area contributed by atoms with Crippen molar-refractivity contribution in [3.63, 3.8) is 0 Å². The monoisotopic (exact) mass is 462 g/mol. The molecule has 1 heterocycles. The van der Waals surface area contributed by atoms with E-state index in [0.717, 1.165) is 28.4 Å². The summed E-state index contributed by atoms with van der Waals surface area (Å²) >= 11 is 3.39. The molecule has 0 radical (unpaired) electrons. The molecule has 0 spiro atoms. The number of hydrogen-bond donors (Lipinski definition) is 1. The molecule has 1 aliphatic rings. The quantitative estimate of drug-likeness (QED) is 0.707. The third kappa shape index (κ3) is 5.53. The predicted molar refractivity (Wildman–Crippen MR) is 115 cm³/mol. The number of carbonyl (C=O) groups is 1. The number of benzene rings is 2. The topological polar surface area (TPSA) is 66.5 Å². The van der Waals surface area contributed by atoms with Crippen molar-refractivity contribution >= 4 is 37.9 Å². The highest BCUT2D eigenvalue weighted by atomic mass is 79.9. The van der Waals surface area contributed by atoms with Gasteiger partial charge < -0.3 is 5.32 Å². The Labute approximate surface area is 174 Å². The van der Waals surface area contributed by atoms with Gasteiger partial charge in [0.2, 0.25) is 15.9 Å². The van der Waals surface area contributed by atoms with Gasteiger partial charge in [-0.3, -0.25) is 4.79 Å². The third-order valence-electron chi connectivity index (χ3n) is 4.66. The van der Waals surface area contributed by atoms with E-state index in [0.29, 0.717) is 13.0 Å². The zero-order chi connectivity index (χ0) is 20.0. The molecule has 0 aliphatic carbocycles. The highest BCUT2D eigenvalue weighted by molar-refractivity contribution is 9.10. The van der Waals surface area contributed by atoms with Gasteiger partial charge in [0.25, 0.3) is 0 Å². The number of halogens is 1. The van der Waals surface area contributed by atoms with Crippen molar-refractivity contribution < 1.29 is 13.2 Å². The number of carbonyl (C=O) groups excluding carboxylic acids is 1. The molecular formula is C21H23BrN2O3S. The van der Waals surface area contributed by atoms with Crippen molar-refractivity contribution in [2.45, 2.75) is 31.8 Å². The lowest BCUT2D eigenvalue weighted by molar-refractivity contribution is -0.124. The molecule has 3 rings (SSSR count). The van der Waals surface area contributed by atoms with Gasteiger partial charge in [0.15, 0.2) is 0 Å². The fourth-order valence-electron chi connectivity index (χ4n) is 3.15. The van der Waals surface area contributed by atoms with Crippen LogP contribution in [0, 0.1) is 0 Å². The van der Waals surface area contributed by atoms with E-state index in [1.165, 1.54) is 9.71 Å². The molecule has 1 aliphatic heterocycles. The summed E-state index contributed by atoms with van der Waals surface area (Å²) in [4.78, 5) is 12.6. The van der Waals surface area contributed by atoms with E-state index in [2.05, 4.69) is 21.2 Å². The van der Waals surface area contributed by atoms with Gasteiger partial charge in [-0.15, -0.1) is 0 Å². The van der Waals surface area contributed by atoms with Crippen LogP contribution in [0.4, 0.5) is 0 Å². The second kappa shape index (κ2) is 9.49. The van der Waals surface area contributed by atoms with E-state index in [4.69, 9.17) is 0 Å². The molecule has 28 heavy (non-hydrogen) atoms. The Hall–Kier alpha value is -1.96. The Morgan fingerprint density at radius 2 is 1.79 bits per heavy atom. The minimum absolute atomic E-state index is 0.146. The Kier molecular flexibility index (Phi) is 7.04. The minimum Gasteiger partial charge on any atom is -0.355 e. The number of sulfonamides is 1. The molecule has 1 amide bonds. The molecule has 7 heteroatoms. The Morgan fingerprint density at radius 3 is 2.50 bits per heavy atom. The van der Waals surface area contributed by atoms with Gasteiger partial charge in [0, 0.05) is 23.0 Å². The molecular weight excluding hydrogens is 440 g/mol. The summed E-state index contributed by atoms with van der Waals surface area (Å²) in [5, 5.41) is 4.03. The lowest BCUT2D eigenvalue weighted by Crippen LogP contribution is -2.47. The van der Waals surface area contributed by atoms with Crippen LogP contribution in [0.25, 0.3) is 6.08 Å². The summed E-state index contributed by atoms with van der Waals surface area (Å²) in [5.41, 5.74) is 1.62.